The highest BCUT2D eigenvalue weighted by Crippen LogP contribution is 2.23. The Morgan fingerprint density at radius 1 is 0.688 bits per heavy atom. The van der Waals surface area contributed by atoms with Crippen LogP contribution in [0.5, 0.6) is 0 Å². The van der Waals surface area contributed by atoms with Crippen LogP contribution in [0.1, 0.15) is 105 Å². The first-order valence-corrected chi connectivity index (χ1v) is 11.8. The van der Waals surface area contributed by atoms with Gasteiger partial charge in [-0.3, -0.25) is 0 Å². The molecule has 2 rings (SSSR count). The monoisotopic (exact) mass is 438 g/mol. The van der Waals surface area contributed by atoms with E-state index >= 15 is 0 Å². The van der Waals surface area contributed by atoms with Crippen molar-refractivity contribution < 1.29 is 19.1 Å². The van der Waals surface area contributed by atoms with Gasteiger partial charge < -0.3 is 9.47 Å². The molecule has 0 aliphatic heterocycles. The molecule has 0 saturated heterocycles. The smallest absolute Gasteiger partial charge is 0.338 e. The van der Waals surface area contributed by atoms with E-state index in [1.165, 1.54) is 11.1 Å². The Bertz CT molecular complexity index is 865. The lowest BCUT2D eigenvalue weighted by atomic mass is 9.95. The highest BCUT2D eigenvalue weighted by atomic mass is 16.6. The average Bonchev–Trinajstić information content (AvgIpc) is 2.78. The number of rotatable bonds is 10. The highest BCUT2D eigenvalue weighted by molar-refractivity contribution is 5.90. The van der Waals surface area contributed by atoms with Gasteiger partial charge in [0.15, 0.2) is 0 Å². The molecule has 0 N–H and O–H groups in total. The number of carbonyl (C=O) groups excluding carboxylic acids is 2. The van der Waals surface area contributed by atoms with E-state index in [9.17, 15) is 9.59 Å². The van der Waals surface area contributed by atoms with Crippen molar-refractivity contribution in [3.8, 4) is 0 Å². The van der Waals surface area contributed by atoms with Crippen LogP contribution in [-0.2, 0) is 9.47 Å². The molecule has 174 valence electrons. The van der Waals surface area contributed by atoms with E-state index in [1.807, 2.05) is 50.2 Å². The Balaban J connectivity index is 2.03. The van der Waals surface area contributed by atoms with Crippen LogP contribution in [0.2, 0.25) is 0 Å². The molecule has 3 unspecified atom stereocenters. The molecule has 0 heterocycles. The number of ether oxygens (including phenoxy) is 2. The summed E-state index contributed by atoms with van der Waals surface area (Å²) in [6, 6.07) is 15.1. The lowest BCUT2D eigenvalue weighted by Gasteiger charge is -2.28. The summed E-state index contributed by atoms with van der Waals surface area (Å²) in [7, 11) is 0. The van der Waals surface area contributed by atoms with Crippen molar-refractivity contribution in [2.45, 2.75) is 85.4 Å². The predicted octanol–water partition coefficient (Wildman–Crippen LogP) is 7.14. The highest BCUT2D eigenvalue weighted by Gasteiger charge is 2.29. The molecule has 0 fully saturated rings. The summed E-state index contributed by atoms with van der Waals surface area (Å²) in [5, 5.41) is 0. The van der Waals surface area contributed by atoms with Gasteiger partial charge in [0.1, 0.15) is 12.2 Å². The van der Waals surface area contributed by atoms with Gasteiger partial charge in [-0.25, -0.2) is 9.59 Å². The van der Waals surface area contributed by atoms with Crippen molar-refractivity contribution in [2.75, 3.05) is 0 Å². The molecule has 3 atom stereocenters. The van der Waals surface area contributed by atoms with Gasteiger partial charge in [-0.05, 0) is 60.6 Å². The van der Waals surface area contributed by atoms with Gasteiger partial charge in [-0.2, -0.15) is 0 Å². The molecule has 2 aromatic carbocycles. The van der Waals surface area contributed by atoms with Crippen LogP contribution in [0.3, 0.4) is 0 Å². The van der Waals surface area contributed by atoms with Gasteiger partial charge >= 0.3 is 11.9 Å². The van der Waals surface area contributed by atoms with Crippen LogP contribution in [0.25, 0.3) is 0 Å². The zero-order chi connectivity index (χ0) is 23.8. The summed E-state index contributed by atoms with van der Waals surface area (Å²) >= 11 is 0. The fourth-order valence-electron chi connectivity index (χ4n) is 3.57. The fourth-order valence-corrected chi connectivity index (χ4v) is 3.57. The Morgan fingerprint density at radius 2 is 1.09 bits per heavy atom. The minimum Gasteiger partial charge on any atom is -0.459 e. The van der Waals surface area contributed by atoms with E-state index in [0.29, 0.717) is 29.4 Å². The molecule has 2 aromatic rings. The average molecular weight is 439 g/mol. The number of hydrogen-bond donors (Lipinski definition) is 0. The molecule has 0 aliphatic rings. The van der Waals surface area contributed by atoms with Crippen LogP contribution >= 0.6 is 0 Å². The standard InChI is InChI=1S/C28H38O4/c1-8-9-26(32-28(30)25-16-12-23(13-17-25)19(4)5)20(6)21(7)31-27(29)24-14-10-22(11-15-24)18(2)3/h10-21,26H,8-9H2,1-7H3. The van der Waals surface area contributed by atoms with Gasteiger partial charge in [0.05, 0.1) is 11.1 Å². The molecule has 4 heteroatoms. The first-order chi connectivity index (χ1) is 15.1. The molecule has 0 bridgehead atoms. The van der Waals surface area contributed by atoms with E-state index in [-0.39, 0.29) is 30.1 Å². The Morgan fingerprint density at radius 3 is 1.47 bits per heavy atom. The maximum atomic E-state index is 12.7. The Kier molecular flexibility index (Phi) is 9.49. The Hall–Kier alpha value is -2.62. The second kappa shape index (κ2) is 11.8. The van der Waals surface area contributed by atoms with E-state index in [1.54, 1.807) is 12.1 Å². The molecule has 0 aromatic heterocycles. The van der Waals surface area contributed by atoms with Gasteiger partial charge in [0.25, 0.3) is 0 Å². The number of hydrogen-bond acceptors (Lipinski definition) is 4. The minimum absolute atomic E-state index is 0.132. The second-order valence-corrected chi connectivity index (χ2v) is 9.26. The molecule has 4 nitrogen and oxygen atoms in total. The lowest BCUT2D eigenvalue weighted by molar-refractivity contribution is -0.0253. The first-order valence-electron chi connectivity index (χ1n) is 11.8. The van der Waals surface area contributed by atoms with Crippen LogP contribution < -0.4 is 0 Å². The third-order valence-corrected chi connectivity index (χ3v) is 6.08. The molecular weight excluding hydrogens is 400 g/mol. The third-order valence-electron chi connectivity index (χ3n) is 6.08. The van der Waals surface area contributed by atoms with E-state index in [4.69, 9.17) is 9.47 Å². The molecule has 0 amide bonds. The summed E-state index contributed by atoms with van der Waals surface area (Å²) in [5.41, 5.74) is 3.43. The molecule has 0 aliphatic carbocycles. The van der Waals surface area contributed by atoms with E-state index in [0.717, 1.165) is 6.42 Å². The van der Waals surface area contributed by atoms with Crippen molar-refractivity contribution in [1.82, 2.24) is 0 Å². The molecule has 0 saturated carbocycles. The summed E-state index contributed by atoms with van der Waals surface area (Å²) in [6.45, 7) is 14.4. The van der Waals surface area contributed by atoms with Gasteiger partial charge in [-0.1, -0.05) is 72.2 Å². The summed E-state index contributed by atoms with van der Waals surface area (Å²) < 4.78 is 11.6. The van der Waals surface area contributed by atoms with Gasteiger partial charge in [0.2, 0.25) is 0 Å². The largest absolute Gasteiger partial charge is 0.459 e. The quantitative estimate of drug-likeness (QED) is 0.370. The third kappa shape index (κ3) is 6.94. The topological polar surface area (TPSA) is 52.6 Å². The molecule has 32 heavy (non-hydrogen) atoms. The number of carbonyl (C=O) groups is 2. The second-order valence-electron chi connectivity index (χ2n) is 9.26. The zero-order valence-electron chi connectivity index (χ0n) is 20.6. The Labute approximate surface area is 193 Å². The van der Waals surface area contributed by atoms with Gasteiger partial charge in [0, 0.05) is 5.92 Å². The number of esters is 2. The van der Waals surface area contributed by atoms with Crippen LogP contribution in [-0.4, -0.2) is 24.1 Å². The van der Waals surface area contributed by atoms with Gasteiger partial charge in [-0.15, -0.1) is 0 Å². The SMILES string of the molecule is CCCC(OC(=O)c1ccc(C(C)C)cc1)C(C)C(C)OC(=O)c1ccc(C(C)C)cc1. The van der Waals surface area contributed by atoms with Crippen LogP contribution in [0, 0.1) is 5.92 Å². The first kappa shape index (κ1) is 25.6. The number of benzene rings is 2. The molecule has 0 radical (unpaired) electrons. The summed E-state index contributed by atoms with van der Waals surface area (Å²) in [4.78, 5) is 25.4. The summed E-state index contributed by atoms with van der Waals surface area (Å²) in [5.74, 6) is -0.0123. The van der Waals surface area contributed by atoms with Crippen LogP contribution in [0.4, 0.5) is 0 Å². The maximum absolute atomic E-state index is 12.7. The normalized spacial score (nSPS) is 14.2. The van der Waals surface area contributed by atoms with E-state index < -0.39 is 0 Å². The van der Waals surface area contributed by atoms with Crippen molar-refractivity contribution in [3.05, 3.63) is 70.8 Å². The van der Waals surface area contributed by atoms with Crippen molar-refractivity contribution >= 4 is 11.9 Å². The summed E-state index contributed by atoms with van der Waals surface area (Å²) in [6.07, 6.45) is 0.858. The maximum Gasteiger partial charge on any atom is 0.338 e. The zero-order valence-corrected chi connectivity index (χ0v) is 20.6. The predicted molar refractivity (Wildman–Crippen MR) is 129 cm³/mol. The molecule has 0 spiro atoms. The van der Waals surface area contributed by atoms with Crippen LogP contribution in [0.15, 0.2) is 48.5 Å². The van der Waals surface area contributed by atoms with Crippen molar-refractivity contribution in [2.24, 2.45) is 5.92 Å². The lowest BCUT2D eigenvalue weighted by Crippen LogP contribution is -2.34. The van der Waals surface area contributed by atoms with E-state index in [2.05, 4.69) is 34.6 Å². The fraction of sp³-hybridized carbons (Fsp3) is 0.500. The molecular formula is C28H38O4. The minimum atomic E-state index is -0.389. The van der Waals surface area contributed by atoms with Crippen molar-refractivity contribution in [1.29, 1.82) is 0 Å². The van der Waals surface area contributed by atoms with Crippen molar-refractivity contribution in [3.63, 3.8) is 0 Å².